The molecule has 0 bridgehead atoms. The second-order valence-corrected chi connectivity index (χ2v) is 7.10. The highest BCUT2D eigenvalue weighted by molar-refractivity contribution is 6.30. The number of aryl methyl sites for hydroxylation is 1. The van der Waals surface area contributed by atoms with Crippen LogP contribution in [0.1, 0.15) is 27.4 Å². The third-order valence-corrected chi connectivity index (χ3v) is 4.77. The molecule has 0 spiro atoms. The summed E-state index contributed by atoms with van der Waals surface area (Å²) in [6.45, 7) is 2.60. The molecule has 2 aromatic carbocycles. The molecule has 0 radical (unpaired) electrons. The van der Waals surface area contributed by atoms with Crippen molar-refractivity contribution >= 4 is 17.5 Å². The van der Waals surface area contributed by atoms with E-state index < -0.39 is 0 Å². The number of halogens is 1. The Bertz CT molecular complexity index is 1010. The number of methoxy groups -OCH3 is 2. The zero-order valence-corrected chi connectivity index (χ0v) is 17.9. The Balaban J connectivity index is 1.50. The van der Waals surface area contributed by atoms with Gasteiger partial charge in [-0.3, -0.25) is 4.79 Å². The monoisotopic (exact) mass is 429 g/mol. The number of carbonyl (C=O) groups excluding carboxylic acids is 1. The first-order chi connectivity index (χ1) is 14.5. The van der Waals surface area contributed by atoms with Crippen molar-refractivity contribution in [2.24, 2.45) is 0 Å². The van der Waals surface area contributed by atoms with Crippen LogP contribution in [0.2, 0.25) is 5.02 Å². The van der Waals surface area contributed by atoms with Crippen molar-refractivity contribution in [1.29, 1.82) is 0 Å². The quantitative estimate of drug-likeness (QED) is 0.528. The molecule has 1 heterocycles. The highest BCUT2D eigenvalue weighted by atomic mass is 35.5. The van der Waals surface area contributed by atoms with Crippen molar-refractivity contribution < 1.29 is 23.4 Å². The van der Waals surface area contributed by atoms with E-state index in [1.54, 1.807) is 32.4 Å². The van der Waals surface area contributed by atoms with Gasteiger partial charge in [0.1, 0.15) is 18.1 Å². The molecular weight excluding hydrogens is 406 g/mol. The lowest BCUT2D eigenvalue weighted by atomic mass is 10.1. The molecule has 0 saturated heterocycles. The molecular formula is C23H24ClNO5. The topological polar surface area (TPSA) is 69.9 Å². The van der Waals surface area contributed by atoms with E-state index in [-0.39, 0.29) is 18.3 Å². The van der Waals surface area contributed by atoms with Crippen LogP contribution in [0.4, 0.5) is 0 Å². The summed E-state index contributed by atoms with van der Waals surface area (Å²) in [7, 11) is 3.19. The number of amides is 1. The molecule has 3 aromatic rings. The van der Waals surface area contributed by atoms with E-state index >= 15 is 0 Å². The maximum Gasteiger partial charge on any atom is 0.287 e. The van der Waals surface area contributed by atoms with Gasteiger partial charge in [-0.1, -0.05) is 17.7 Å². The summed E-state index contributed by atoms with van der Waals surface area (Å²) < 4.78 is 21.9. The van der Waals surface area contributed by atoms with Crippen LogP contribution in [0.3, 0.4) is 0 Å². The molecule has 6 nitrogen and oxygen atoms in total. The molecule has 0 unspecified atom stereocenters. The molecule has 158 valence electrons. The molecule has 1 N–H and O–H groups in total. The Morgan fingerprint density at radius 1 is 1.00 bits per heavy atom. The largest absolute Gasteiger partial charge is 0.493 e. The SMILES string of the molecule is COc1ccc(CCNC(=O)c2ccc(COc3ccc(Cl)cc3C)o2)cc1OC. The van der Waals surface area contributed by atoms with Crippen LogP contribution in [-0.4, -0.2) is 26.7 Å². The summed E-state index contributed by atoms with van der Waals surface area (Å²) >= 11 is 5.95. The van der Waals surface area contributed by atoms with Crippen molar-refractivity contribution in [2.75, 3.05) is 20.8 Å². The molecule has 1 aromatic heterocycles. The van der Waals surface area contributed by atoms with E-state index in [0.717, 1.165) is 16.9 Å². The Hall–Kier alpha value is -3.12. The normalized spacial score (nSPS) is 10.5. The van der Waals surface area contributed by atoms with Gasteiger partial charge in [-0.2, -0.15) is 0 Å². The number of hydrogen-bond acceptors (Lipinski definition) is 5. The molecule has 0 aliphatic heterocycles. The molecule has 0 atom stereocenters. The standard InChI is InChI=1S/C23H24ClNO5/c1-15-12-17(24)5-8-19(15)29-14-18-6-9-21(30-18)23(26)25-11-10-16-4-7-20(27-2)22(13-16)28-3/h4-9,12-13H,10-11,14H2,1-3H3,(H,25,26). The zero-order chi connectivity index (χ0) is 21.5. The molecule has 0 fully saturated rings. The second kappa shape index (κ2) is 10.1. The van der Waals surface area contributed by atoms with Gasteiger partial charge in [0, 0.05) is 11.6 Å². The fraction of sp³-hybridized carbons (Fsp3) is 0.261. The van der Waals surface area contributed by atoms with Gasteiger partial charge in [0.2, 0.25) is 0 Å². The third kappa shape index (κ3) is 5.48. The lowest BCUT2D eigenvalue weighted by Gasteiger charge is -2.10. The summed E-state index contributed by atoms with van der Waals surface area (Å²) in [6, 6.07) is 14.5. The van der Waals surface area contributed by atoms with Crippen molar-refractivity contribution in [1.82, 2.24) is 5.32 Å². The number of nitrogens with one attached hydrogen (secondary N) is 1. The predicted molar refractivity (Wildman–Crippen MR) is 115 cm³/mol. The molecule has 30 heavy (non-hydrogen) atoms. The molecule has 7 heteroatoms. The van der Waals surface area contributed by atoms with Crippen LogP contribution in [0.25, 0.3) is 0 Å². The van der Waals surface area contributed by atoms with Crippen LogP contribution < -0.4 is 19.5 Å². The Kier molecular flexibility index (Phi) is 7.25. The lowest BCUT2D eigenvalue weighted by molar-refractivity contribution is 0.0922. The number of ether oxygens (including phenoxy) is 3. The first kappa shape index (κ1) is 21.6. The smallest absolute Gasteiger partial charge is 0.287 e. The maximum absolute atomic E-state index is 12.3. The van der Waals surface area contributed by atoms with Gasteiger partial charge in [0.15, 0.2) is 17.3 Å². The molecule has 0 saturated carbocycles. The van der Waals surface area contributed by atoms with Crippen LogP contribution in [0.15, 0.2) is 52.9 Å². The zero-order valence-electron chi connectivity index (χ0n) is 17.2. The van der Waals surface area contributed by atoms with Crippen molar-refractivity contribution in [3.63, 3.8) is 0 Å². The van der Waals surface area contributed by atoms with Crippen LogP contribution in [0.5, 0.6) is 17.2 Å². The third-order valence-electron chi connectivity index (χ3n) is 4.54. The van der Waals surface area contributed by atoms with E-state index in [4.69, 9.17) is 30.2 Å². The van der Waals surface area contributed by atoms with Crippen molar-refractivity contribution in [3.05, 3.63) is 76.2 Å². The van der Waals surface area contributed by atoms with Crippen LogP contribution >= 0.6 is 11.6 Å². The van der Waals surface area contributed by atoms with Crippen LogP contribution in [-0.2, 0) is 13.0 Å². The van der Waals surface area contributed by atoms with Gasteiger partial charge >= 0.3 is 0 Å². The highest BCUT2D eigenvalue weighted by Gasteiger charge is 2.12. The highest BCUT2D eigenvalue weighted by Crippen LogP contribution is 2.27. The Morgan fingerprint density at radius 2 is 1.77 bits per heavy atom. The average Bonchev–Trinajstić information content (AvgIpc) is 3.22. The first-order valence-corrected chi connectivity index (χ1v) is 9.84. The van der Waals surface area contributed by atoms with Crippen LogP contribution in [0, 0.1) is 6.92 Å². The maximum atomic E-state index is 12.3. The fourth-order valence-corrected chi connectivity index (χ4v) is 3.17. The van der Waals surface area contributed by atoms with E-state index in [1.165, 1.54) is 0 Å². The number of furan rings is 1. The Morgan fingerprint density at radius 3 is 2.50 bits per heavy atom. The minimum absolute atomic E-state index is 0.224. The van der Waals surface area contributed by atoms with Gasteiger partial charge in [-0.05, 0) is 66.9 Å². The first-order valence-electron chi connectivity index (χ1n) is 9.47. The second-order valence-electron chi connectivity index (χ2n) is 6.66. The Labute approximate surface area is 180 Å². The predicted octanol–water partition coefficient (Wildman–Crippen LogP) is 4.81. The van der Waals surface area contributed by atoms with E-state index in [1.807, 2.05) is 37.3 Å². The molecule has 0 aliphatic rings. The number of rotatable bonds is 9. The summed E-state index contributed by atoms with van der Waals surface area (Å²) in [6.07, 6.45) is 0.651. The summed E-state index contributed by atoms with van der Waals surface area (Å²) in [5.41, 5.74) is 1.96. The molecule has 3 rings (SSSR count). The van der Waals surface area contributed by atoms with Crippen molar-refractivity contribution in [3.8, 4) is 17.2 Å². The summed E-state index contributed by atoms with van der Waals surface area (Å²) in [4.78, 5) is 12.3. The number of carbonyl (C=O) groups is 1. The van der Waals surface area contributed by atoms with Gasteiger partial charge < -0.3 is 23.9 Å². The van der Waals surface area contributed by atoms with Gasteiger partial charge in [0.25, 0.3) is 5.91 Å². The number of hydrogen-bond donors (Lipinski definition) is 1. The van der Waals surface area contributed by atoms with Gasteiger partial charge in [-0.15, -0.1) is 0 Å². The van der Waals surface area contributed by atoms with Gasteiger partial charge in [-0.25, -0.2) is 0 Å². The fourth-order valence-electron chi connectivity index (χ4n) is 2.94. The van der Waals surface area contributed by atoms with E-state index in [9.17, 15) is 4.79 Å². The molecule has 0 aliphatic carbocycles. The molecule has 1 amide bonds. The summed E-state index contributed by atoms with van der Waals surface area (Å²) in [5.74, 6) is 2.58. The number of benzene rings is 2. The van der Waals surface area contributed by atoms with E-state index in [2.05, 4.69) is 5.32 Å². The summed E-state index contributed by atoms with van der Waals surface area (Å²) in [5, 5.41) is 3.51. The minimum atomic E-state index is -0.274. The van der Waals surface area contributed by atoms with Crippen molar-refractivity contribution in [2.45, 2.75) is 20.0 Å². The minimum Gasteiger partial charge on any atom is -0.493 e. The van der Waals surface area contributed by atoms with Gasteiger partial charge in [0.05, 0.1) is 14.2 Å². The lowest BCUT2D eigenvalue weighted by Crippen LogP contribution is -2.25. The average molecular weight is 430 g/mol. The van der Waals surface area contributed by atoms with E-state index in [0.29, 0.717) is 35.2 Å².